The van der Waals surface area contributed by atoms with Crippen LogP contribution in [-0.4, -0.2) is 19.3 Å². The maximum Gasteiger partial charge on any atom is 0.0758 e. The molecule has 0 aromatic rings. The van der Waals surface area contributed by atoms with Crippen LogP contribution in [0.2, 0.25) is 0 Å². The quantitative estimate of drug-likeness (QED) is 0.623. The van der Waals surface area contributed by atoms with Crippen LogP contribution in [0.15, 0.2) is 0 Å². The van der Waals surface area contributed by atoms with Gasteiger partial charge < -0.3 is 9.63 Å². The fourth-order valence-electron chi connectivity index (χ4n) is 1.66. The highest BCUT2D eigenvalue weighted by Crippen LogP contribution is 2.21. The zero-order chi connectivity index (χ0) is 8.10. The maximum atomic E-state index is 10.4. The second-order valence-electron chi connectivity index (χ2n) is 2.95. The van der Waals surface area contributed by atoms with Crippen LogP contribution in [0, 0.1) is 0 Å². The SMILES string of the molecule is COC1CCCCC1N[PH2+][O-]. The van der Waals surface area contributed by atoms with E-state index in [-0.39, 0.29) is 6.10 Å². The van der Waals surface area contributed by atoms with Gasteiger partial charge in [-0.3, -0.25) is 0 Å². The van der Waals surface area contributed by atoms with E-state index in [0.29, 0.717) is 6.04 Å². The number of ether oxygens (including phenoxy) is 1. The lowest BCUT2D eigenvalue weighted by Crippen LogP contribution is -2.40. The Bertz CT molecular complexity index is 111. The van der Waals surface area contributed by atoms with Crippen molar-refractivity contribution in [3.63, 3.8) is 0 Å². The van der Waals surface area contributed by atoms with Crippen molar-refractivity contribution < 1.29 is 9.63 Å². The van der Waals surface area contributed by atoms with Gasteiger partial charge in [-0.15, -0.1) is 0 Å². The molecule has 66 valence electrons. The van der Waals surface area contributed by atoms with E-state index in [1.54, 1.807) is 7.11 Å². The molecule has 4 heteroatoms. The molecule has 1 aliphatic carbocycles. The molecule has 0 heterocycles. The summed E-state index contributed by atoms with van der Waals surface area (Å²) < 4.78 is 5.27. The number of hydrogen-bond donors (Lipinski definition) is 1. The molecule has 1 rings (SSSR count). The Morgan fingerprint density at radius 3 is 2.82 bits per heavy atom. The van der Waals surface area contributed by atoms with E-state index in [1.807, 2.05) is 0 Å². The summed E-state index contributed by atoms with van der Waals surface area (Å²) in [7, 11) is 0.900. The molecule has 11 heavy (non-hydrogen) atoms. The molecule has 0 saturated heterocycles. The molecule has 0 aliphatic heterocycles. The summed E-state index contributed by atoms with van der Waals surface area (Å²) in [6, 6.07) is 0.334. The van der Waals surface area contributed by atoms with Crippen molar-refractivity contribution in [3.05, 3.63) is 0 Å². The van der Waals surface area contributed by atoms with Crippen molar-refractivity contribution in [3.8, 4) is 0 Å². The highest BCUT2D eigenvalue weighted by atomic mass is 31.1. The lowest BCUT2D eigenvalue weighted by molar-refractivity contribution is -0.154. The zero-order valence-electron chi connectivity index (χ0n) is 6.88. The molecule has 0 aromatic heterocycles. The van der Waals surface area contributed by atoms with Gasteiger partial charge in [-0.25, -0.2) is 0 Å². The molecule has 3 nitrogen and oxygen atoms in total. The average Bonchev–Trinajstić information content (AvgIpc) is 2.06. The van der Waals surface area contributed by atoms with Gasteiger partial charge in [0.1, 0.15) is 0 Å². The lowest BCUT2D eigenvalue weighted by atomic mass is 9.93. The van der Waals surface area contributed by atoms with Gasteiger partial charge in [0.2, 0.25) is 0 Å². The predicted molar refractivity (Wildman–Crippen MR) is 45.9 cm³/mol. The van der Waals surface area contributed by atoms with Gasteiger partial charge in [0.25, 0.3) is 0 Å². The summed E-state index contributed by atoms with van der Waals surface area (Å²) in [6.07, 6.45) is 4.97. The van der Waals surface area contributed by atoms with E-state index in [9.17, 15) is 4.89 Å². The third-order valence-electron chi connectivity index (χ3n) is 2.29. The predicted octanol–water partition coefficient (Wildman–Crippen LogP) is 0.135. The van der Waals surface area contributed by atoms with Crippen LogP contribution < -0.4 is 9.98 Å². The van der Waals surface area contributed by atoms with Crippen LogP contribution in [-0.2, 0) is 4.74 Å². The summed E-state index contributed by atoms with van der Waals surface area (Å²) in [6.45, 7) is 0. The van der Waals surface area contributed by atoms with Gasteiger partial charge in [-0.2, -0.15) is 5.09 Å². The van der Waals surface area contributed by atoms with Gasteiger partial charge >= 0.3 is 0 Å². The Morgan fingerprint density at radius 1 is 1.45 bits per heavy atom. The highest BCUT2D eigenvalue weighted by Gasteiger charge is 2.24. The number of nitrogens with one attached hydrogen (secondary N) is 1. The summed E-state index contributed by atoms with van der Waals surface area (Å²) >= 11 is 0. The first-order valence-corrected chi connectivity index (χ1v) is 5.16. The fraction of sp³-hybridized carbons (Fsp3) is 1.00. The monoisotopic (exact) mass is 177 g/mol. The standard InChI is InChI=1S/C7H16NO2P/c1-10-7-5-3-2-4-6(7)8-11-9/h6-8H,2-5,11H2,1H3. The minimum absolute atomic E-state index is 0.283. The van der Waals surface area contributed by atoms with E-state index in [2.05, 4.69) is 5.09 Å². The van der Waals surface area contributed by atoms with Crippen LogP contribution in [0.3, 0.4) is 0 Å². The molecule has 1 fully saturated rings. The lowest BCUT2D eigenvalue weighted by Gasteiger charge is -2.29. The number of methoxy groups -OCH3 is 1. The van der Waals surface area contributed by atoms with Gasteiger partial charge in [0, 0.05) is 16.1 Å². The fourth-order valence-corrected chi connectivity index (χ4v) is 2.21. The molecule has 1 saturated carbocycles. The zero-order valence-corrected chi connectivity index (χ0v) is 8.03. The van der Waals surface area contributed by atoms with Crippen molar-refractivity contribution >= 4 is 8.96 Å². The molecule has 0 bridgehead atoms. The topological polar surface area (TPSA) is 44.3 Å². The molecule has 0 amide bonds. The molecule has 1 aliphatic rings. The molecule has 0 aromatic carbocycles. The van der Waals surface area contributed by atoms with Crippen LogP contribution >= 0.6 is 8.96 Å². The van der Waals surface area contributed by atoms with E-state index in [1.165, 1.54) is 12.8 Å². The van der Waals surface area contributed by atoms with Gasteiger partial charge in [0.05, 0.1) is 12.1 Å². The van der Waals surface area contributed by atoms with Crippen molar-refractivity contribution in [1.29, 1.82) is 0 Å². The Hall–Kier alpha value is 0.310. The first-order valence-electron chi connectivity index (χ1n) is 4.11. The minimum atomic E-state index is -0.827. The van der Waals surface area contributed by atoms with Crippen molar-refractivity contribution in [2.24, 2.45) is 0 Å². The van der Waals surface area contributed by atoms with Crippen molar-refractivity contribution in [1.82, 2.24) is 5.09 Å². The molecule has 3 atom stereocenters. The van der Waals surface area contributed by atoms with E-state index in [0.717, 1.165) is 12.8 Å². The third-order valence-corrected chi connectivity index (χ3v) is 2.85. The summed E-state index contributed by atoms with van der Waals surface area (Å²) in [5, 5.41) is 2.99. The molecule has 0 spiro atoms. The Morgan fingerprint density at radius 2 is 2.18 bits per heavy atom. The molecule has 1 N–H and O–H groups in total. The summed E-state index contributed by atoms with van der Waals surface area (Å²) in [5.41, 5.74) is 0. The normalized spacial score (nSPS) is 33.3. The second kappa shape index (κ2) is 5.04. The van der Waals surface area contributed by atoms with Gasteiger partial charge in [0.15, 0.2) is 0 Å². The van der Waals surface area contributed by atoms with E-state index >= 15 is 0 Å². The Kier molecular flexibility index (Phi) is 4.31. The van der Waals surface area contributed by atoms with E-state index in [4.69, 9.17) is 4.74 Å². The Labute approximate surface area is 69.4 Å². The van der Waals surface area contributed by atoms with E-state index < -0.39 is 8.96 Å². The van der Waals surface area contributed by atoms with Crippen LogP contribution in [0.1, 0.15) is 25.7 Å². The molecule has 0 radical (unpaired) electrons. The summed E-state index contributed by atoms with van der Waals surface area (Å²) in [5.74, 6) is 0. The highest BCUT2D eigenvalue weighted by molar-refractivity contribution is 7.26. The molecular formula is C7H16NO2P. The summed E-state index contributed by atoms with van der Waals surface area (Å²) in [4.78, 5) is 10.4. The average molecular weight is 177 g/mol. The molecule has 3 unspecified atom stereocenters. The first-order chi connectivity index (χ1) is 5.38. The van der Waals surface area contributed by atoms with Crippen LogP contribution in [0.5, 0.6) is 0 Å². The van der Waals surface area contributed by atoms with Crippen LogP contribution in [0.4, 0.5) is 0 Å². The maximum absolute atomic E-state index is 10.4. The van der Waals surface area contributed by atoms with Crippen molar-refractivity contribution in [2.45, 2.75) is 37.8 Å². The number of hydrogen-bond acceptors (Lipinski definition) is 3. The minimum Gasteiger partial charge on any atom is -0.669 e. The largest absolute Gasteiger partial charge is 0.669 e. The third kappa shape index (κ3) is 2.68. The Balaban J connectivity index is 2.31. The second-order valence-corrected chi connectivity index (χ2v) is 3.52. The van der Waals surface area contributed by atoms with Gasteiger partial charge in [-0.05, 0) is 12.8 Å². The van der Waals surface area contributed by atoms with Gasteiger partial charge in [-0.1, -0.05) is 12.8 Å². The number of rotatable bonds is 3. The van der Waals surface area contributed by atoms with Crippen LogP contribution in [0.25, 0.3) is 0 Å². The smallest absolute Gasteiger partial charge is 0.0758 e. The molecular weight excluding hydrogens is 161 g/mol. The van der Waals surface area contributed by atoms with Crippen molar-refractivity contribution in [2.75, 3.05) is 7.11 Å². The first kappa shape index (κ1) is 9.40.